The van der Waals surface area contributed by atoms with E-state index in [1.54, 1.807) is 24.3 Å². The molecule has 0 saturated heterocycles. The van der Waals surface area contributed by atoms with Gasteiger partial charge in [-0.2, -0.15) is 0 Å². The number of aromatic nitrogens is 2. The molecule has 190 valence electrons. The number of para-hydroxylation sites is 2. The zero-order valence-electron chi connectivity index (χ0n) is 21.3. The molecule has 4 aromatic rings. The fourth-order valence-electron chi connectivity index (χ4n) is 4.00. The van der Waals surface area contributed by atoms with E-state index in [2.05, 4.69) is 30.7 Å². The van der Waals surface area contributed by atoms with Crippen LogP contribution in [0.2, 0.25) is 0 Å². The van der Waals surface area contributed by atoms with E-state index in [-0.39, 0.29) is 16.9 Å². The summed E-state index contributed by atoms with van der Waals surface area (Å²) in [5.74, 6) is 1.57. The number of fused-ring (bicyclic) bond motifs is 1. The molecule has 0 bridgehead atoms. The average molecular weight is 510 g/mol. The number of imidazole rings is 1. The number of nitrogens with zero attached hydrogens (tertiary/aromatic N) is 2. The smallest absolute Gasteiger partial charge is 0.264 e. The molecule has 0 unspecified atom stereocenters. The van der Waals surface area contributed by atoms with Crippen LogP contribution in [0.4, 0.5) is 5.69 Å². The number of hydrogen-bond acceptors (Lipinski definition) is 6. The summed E-state index contributed by atoms with van der Waals surface area (Å²) in [5.41, 5.74) is 2.86. The monoisotopic (exact) mass is 509 g/mol. The second-order valence-electron chi connectivity index (χ2n) is 9.37. The van der Waals surface area contributed by atoms with Crippen molar-refractivity contribution < 1.29 is 22.6 Å². The average Bonchev–Trinajstić information content (AvgIpc) is 3.28. The first-order valence-electron chi connectivity index (χ1n) is 11.5. The van der Waals surface area contributed by atoms with Gasteiger partial charge in [-0.3, -0.25) is 4.31 Å². The van der Waals surface area contributed by atoms with Crippen molar-refractivity contribution in [1.29, 1.82) is 0 Å². The molecular formula is C27H31N3O5S. The van der Waals surface area contributed by atoms with E-state index in [1.807, 2.05) is 36.4 Å². The Morgan fingerprint density at radius 1 is 0.889 bits per heavy atom. The lowest BCUT2D eigenvalue weighted by Crippen LogP contribution is -2.31. The van der Waals surface area contributed by atoms with Crippen LogP contribution in [0.3, 0.4) is 0 Å². The maximum absolute atomic E-state index is 14.0. The maximum Gasteiger partial charge on any atom is 0.264 e. The van der Waals surface area contributed by atoms with Crippen molar-refractivity contribution in [3.63, 3.8) is 0 Å². The van der Waals surface area contributed by atoms with Crippen LogP contribution in [0, 0.1) is 0 Å². The molecule has 3 aromatic carbocycles. The van der Waals surface area contributed by atoms with Gasteiger partial charge < -0.3 is 19.2 Å². The lowest BCUT2D eigenvalue weighted by atomic mass is 9.87. The molecule has 0 atom stereocenters. The number of methoxy groups -OCH3 is 3. The first-order chi connectivity index (χ1) is 17.1. The molecule has 8 nitrogen and oxygen atoms in total. The van der Waals surface area contributed by atoms with E-state index < -0.39 is 10.0 Å². The molecule has 36 heavy (non-hydrogen) atoms. The second kappa shape index (κ2) is 9.73. The lowest BCUT2D eigenvalue weighted by molar-refractivity contribution is 0.324. The fourth-order valence-corrected chi connectivity index (χ4v) is 5.41. The van der Waals surface area contributed by atoms with Crippen LogP contribution in [0.1, 0.15) is 32.2 Å². The van der Waals surface area contributed by atoms with Crippen molar-refractivity contribution in [3.8, 4) is 17.2 Å². The van der Waals surface area contributed by atoms with Crippen LogP contribution in [0.5, 0.6) is 17.2 Å². The molecule has 1 heterocycles. The third kappa shape index (κ3) is 4.83. The van der Waals surface area contributed by atoms with Gasteiger partial charge >= 0.3 is 0 Å². The number of nitrogens with one attached hydrogen (secondary N) is 1. The number of sulfonamides is 1. The van der Waals surface area contributed by atoms with Crippen molar-refractivity contribution in [1.82, 2.24) is 9.97 Å². The van der Waals surface area contributed by atoms with E-state index in [1.165, 1.54) is 25.6 Å². The summed E-state index contributed by atoms with van der Waals surface area (Å²) in [6.07, 6.45) is 0. The third-order valence-electron chi connectivity index (χ3n) is 5.98. The Kier molecular flexibility index (Phi) is 6.86. The van der Waals surface area contributed by atoms with Gasteiger partial charge in [0.1, 0.15) is 5.82 Å². The standard InChI is InChI=1S/C27H31N3O5S/c1-27(2,3)18-11-13-20(14-12-18)36(31,32)30(17-25-28-21-9-7-8-10-22(21)29-25)19-15-23(33-4)26(35-6)24(16-19)34-5/h7-16H,17H2,1-6H3,(H,28,29). The summed E-state index contributed by atoms with van der Waals surface area (Å²) in [4.78, 5) is 7.99. The van der Waals surface area contributed by atoms with Crippen LogP contribution >= 0.6 is 0 Å². The number of anilines is 1. The van der Waals surface area contributed by atoms with Gasteiger partial charge in [-0.15, -0.1) is 0 Å². The van der Waals surface area contributed by atoms with Gasteiger partial charge in [-0.25, -0.2) is 13.4 Å². The van der Waals surface area contributed by atoms with Crippen LogP contribution in [-0.2, 0) is 22.0 Å². The predicted molar refractivity (Wildman–Crippen MR) is 141 cm³/mol. The third-order valence-corrected chi connectivity index (χ3v) is 7.77. The lowest BCUT2D eigenvalue weighted by Gasteiger charge is -2.26. The van der Waals surface area contributed by atoms with Gasteiger partial charge in [0.15, 0.2) is 11.5 Å². The Morgan fingerprint density at radius 3 is 2.03 bits per heavy atom. The van der Waals surface area contributed by atoms with Gasteiger partial charge in [0.2, 0.25) is 5.75 Å². The molecule has 9 heteroatoms. The molecule has 4 rings (SSSR count). The summed E-state index contributed by atoms with van der Waals surface area (Å²) in [5, 5.41) is 0. The van der Waals surface area contributed by atoms with Crippen molar-refractivity contribution in [3.05, 3.63) is 72.1 Å². The Morgan fingerprint density at radius 2 is 1.50 bits per heavy atom. The molecule has 0 aliphatic carbocycles. The summed E-state index contributed by atoms with van der Waals surface area (Å²) >= 11 is 0. The molecule has 1 N–H and O–H groups in total. The van der Waals surface area contributed by atoms with Crippen LogP contribution in [0.15, 0.2) is 65.6 Å². The molecule has 0 fully saturated rings. The van der Waals surface area contributed by atoms with Gasteiger partial charge in [-0.1, -0.05) is 45.0 Å². The van der Waals surface area contributed by atoms with Gasteiger partial charge in [0.25, 0.3) is 10.0 Å². The van der Waals surface area contributed by atoms with Crippen LogP contribution in [0.25, 0.3) is 11.0 Å². The quantitative estimate of drug-likeness (QED) is 0.347. The Bertz CT molecular complexity index is 1410. The Labute approximate surface area is 211 Å². The summed E-state index contributed by atoms with van der Waals surface area (Å²) in [6, 6.07) is 17.8. The van der Waals surface area contributed by atoms with Crippen molar-refractivity contribution in [2.75, 3.05) is 25.6 Å². The van der Waals surface area contributed by atoms with Gasteiger partial charge in [0.05, 0.1) is 49.5 Å². The number of benzene rings is 3. The minimum Gasteiger partial charge on any atom is -0.493 e. The summed E-state index contributed by atoms with van der Waals surface area (Å²) in [6.45, 7) is 6.22. The highest BCUT2D eigenvalue weighted by Crippen LogP contribution is 2.42. The zero-order valence-corrected chi connectivity index (χ0v) is 22.1. The van der Waals surface area contributed by atoms with E-state index in [0.717, 1.165) is 16.6 Å². The molecule has 0 radical (unpaired) electrons. The Balaban J connectivity index is 1.86. The first-order valence-corrected chi connectivity index (χ1v) is 12.9. The number of aromatic amines is 1. The van der Waals surface area contributed by atoms with Gasteiger partial charge in [0, 0.05) is 12.1 Å². The normalized spacial score (nSPS) is 11.9. The molecule has 0 saturated carbocycles. The molecular weight excluding hydrogens is 478 g/mol. The highest BCUT2D eigenvalue weighted by atomic mass is 32.2. The predicted octanol–water partition coefficient (Wildman–Crippen LogP) is 5.28. The van der Waals surface area contributed by atoms with E-state index in [9.17, 15) is 8.42 Å². The molecule has 0 aliphatic heterocycles. The summed E-state index contributed by atoms with van der Waals surface area (Å²) in [7, 11) is 0.481. The van der Waals surface area contributed by atoms with Crippen LogP contribution in [-0.4, -0.2) is 39.7 Å². The second-order valence-corrected chi connectivity index (χ2v) is 11.2. The molecule has 0 aliphatic rings. The van der Waals surface area contributed by atoms with Crippen molar-refractivity contribution >= 4 is 26.7 Å². The van der Waals surface area contributed by atoms with Crippen LogP contribution < -0.4 is 18.5 Å². The zero-order chi connectivity index (χ0) is 26.1. The number of H-pyrrole nitrogens is 1. The first kappa shape index (κ1) is 25.4. The number of hydrogen-bond donors (Lipinski definition) is 1. The van der Waals surface area contributed by atoms with Gasteiger partial charge in [-0.05, 0) is 35.2 Å². The minimum absolute atomic E-state index is 0.0311. The number of rotatable bonds is 8. The molecule has 0 spiro atoms. The van der Waals surface area contributed by atoms with E-state index in [0.29, 0.717) is 28.8 Å². The highest BCUT2D eigenvalue weighted by Gasteiger charge is 2.29. The summed E-state index contributed by atoms with van der Waals surface area (Å²) < 4.78 is 45.8. The topological polar surface area (TPSA) is 93.8 Å². The number of ether oxygens (including phenoxy) is 3. The van der Waals surface area contributed by atoms with E-state index >= 15 is 0 Å². The maximum atomic E-state index is 14.0. The van der Waals surface area contributed by atoms with E-state index in [4.69, 9.17) is 14.2 Å². The van der Waals surface area contributed by atoms with Crippen molar-refractivity contribution in [2.45, 2.75) is 37.6 Å². The highest BCUT2D eigenvalue weighted by molar-refractivity contribution is 7.92. The molecule has 1 aromatic heterocycles. The largest absolute Gasteiger partial charge is 0.493 e. The fraction of sp³-hybridized carbons (Fsp3) is 0.296. The SMILES string of the molecule is COc1cc(N(Cc2nc3ccccc3[nH]2)S(=O)(=O)c2ccc(C(C)(C)C)cc2)cc(OC)c1OC. The minimum atomic E-state index is -4.00. The molecule has 0 amide bonds. The Hall–Kier alpha value is -3.72. The van der Waals surface area contributed by atoms with Crippen molar-refractivity contribution in [2.24, 2.45) is 0 Å².